The molecule has 2 rings (SSSR count). The second-order valence-corrected chi connectivity index (χ2v) is 11.5. The predicted octanol–water partition coefficient (Wildman–Crippen LogP) is 6.37. The molecule has 0 unspecified atom stereocenters. The van der Waals surface area contributed by atoms with Crippen LogP contribution in [0.4, 0.5) is 0 Å². The summed E-state index contributed by atoms with van der Waals surface area (Å²) < 4.78 is 7.50. The molecule has 0 amide bonds. The van der Waals surface area contributed by atoms with Gasteiger partial charge >= 0.3 is 38.3 Å². The van der Waals surface area contributed by atoms with Crippen molar-refractivity contribution in [2.75, 3.05) is 0 Å². The third-order valence-electron chi connectivity index (χ3n) is 3.67. The van der Waals surface area contributed by atoms with Crippen molar-refractivity contribution in [1.29, 1.82) is 0 Å². The molecule has 0 radical (unpaired) electrons. The first-order chi connectivity index (χ1) is 12.2. The molecule has 0 N–H and O–H groups in total. The van der Waals surface area contributed by atoms with Crippen LogP contribution in [0.15, 0.2) is 42.6 Å². The number of halogens is 1. The van der Waals surface area contributed by atoms with Gasteiger partial charge in [0.1, 0.15) is 0 Å². The topological polar surface area (TPSA) is 45.7 Å². The average molecular weight is 479 g/mol. The summed E-state index contributed by atoms with van der Waals surface area (Å²) in [6.07, 6.45) is 2.88. The Hall–Kier alpha value is -0.617. The van der Waals surface area contributed by atoms with Crippen molar-refractivity contribution in [1.82, 2.24) is 9.97 Å². The quantitative estimate of drug-likeness (QED) is 0.222. The van der Waals surface area contributed by atoms with Gasteiger partial charge in [-0.2, -0.15) is 0 Å². The van der Waals surface area contributed by atoms with E-state index in [1.807, 2.05) is 47.8 Å². The molecule has 6 heteroatoms. The molecule has 0 aromatic carbocycles. The summed E-state index contributed by atoms with van der Waals surface area (Å²) in [5.74, 6) is 0. The Morgan fingerprint density at radius 1 is 0.923 bits per heavy atom. The Labute approximate surface area is 173 Å². The van der Waals surface area contributed by atoms with E-state index in [-0.39, 0.29) is 7.92 Å². The van der Waals surface area contributed by atoms with Crippen LogP contribution in [-0.4, -0.2) is 20.3 Å². The molecule has 143 valence electrons. The molecule has 0 atom stereocenters. The van der Waals surface area contributed by atoms with Gasteiger partial charge in [-0.1, -0.05) is 61.6 Å². The molecule has 2 aromatic rings. The third-order valence-corrected chi connectivity index (χ3v) is 7.55. The first-order valence-corrected chi connectivity index (χ1v) is 11.9. The summed E-state index contributed by atoms with van der Waals surface area (Å²) in [5, 5.41) is 0.631. The number of pyridine rings is 2. The van der Waals surface area contributed by atoms with E-state index in [2.05, 4.69) is 75.0 Å². The fraction of sp³-hybridized carbons (Fsp3) is 0.450. The minimum atomic E-state index is -0.183. The summed E-state index contributed by atoms with van der Waals surface area (Å²) in [4.78, 5) is 9.27. The van der Waals surface area contributed by atoms with E-state index in [0.29, 0.717) is 10.3 Å². The average Bonchev–Trinajstić information content (AvgIpc) is 2.62. The molecule has 3 nitrogen and oxygen atoms in total. The van der Waals surface area contributed by atoms with Gasteiger partial charge in [0.2, 0.25) is 0 Å². The fourth-order valence-electron chi connectivity index (χ4n) is 2.87. The van der Waals surface area contributed by atoms with Crippen molar-refractivity contribution < 1.29 is 22.0 Å². The standard InChI is InChI=1S/C19H27N2P.CO.ClH.Ru/c1-18(2,3)22(19(4,5)6)14-15-10-9-12-17(21-15)16-11-7-8-13-20-16;1-2;;/h7-13H,14H2,1-6H3;;1H;/q;;;+1/p-1. The molecule has 0 saturated heterocycles. The van der Waals surface area contributed by atoms with Crippen LogP contribution in [0.25, 0.3) is 11.4 Å². The summed E-state index contributed by atoms with van der Waals surface area (Å²) >= 11 is 1.82. The Morgan fingerprint density at radius 2 is 1.46 bits per heavy atom. The Kier molecular flexibility index (Phi) is 11.7. The second-order valence-electron chi connectivity index (χ2n) is 7.66. The van der Waals surface area contributed by atoms with Crippen LogP contribution in [0.1, 0.15) is 47.2 Å². The van der Waals surface area contributed by atoms with Gasteiger partial charge in [-0.15, -0.1) is 0 Å². The van der Waals surface area contributed by atoms with Crippen molar-refractivity contribution in [2.24, 2.45) is 0 Å². The van der Waals surface area contributed by atoms with Gasteiger partial charge in [0.15, 0.2) is 0 Å². The summed E-state index contributed by atoms with van der Waals surface area (Å²) in [5.41, 5.74) is 3.09. The predicted molar refractivity (Wildman–Crippen MR) is 107 cm³/mol. The van der Waals surface area contributed by atoms with Crippen LogP contribution >= 0.6 is 17.6 Å². The van der Waals surface area contributed by atoms with Crippen molar-refractivity contribution in [2.45, 2.75) is 58.0 Å². The van der Waals surface area contributed by atoms with Crippen molar-refractivity contribution >= 4 is 17.6 Å². The van der Waals surface area contributed by atoms with Crippen LogP contribution in [0.5, 0.6) is 0 Å². The van der Waals surface area contributed by atoms with Gasteiger partial charge in [0, 0.05) is 18.1 Å². The maximum absolute atomic E-state index is 7.50. The first-order valence-electron chi connectivity index (χ1n) is 8.17. The number of hydrogen-bond acceptors (Lipinski definition) is 2. The maximum atomic E-state index is 7.50. The van der Waals surface area contributed by atoms with Crippen LogP contribution in [0, 0.1) is 6.65 Å². The third kappa shape index (κ3) is 8.38. The van der Waals surface area contributed by atoms with E-state index in [0.717, 1.165) is 17.5 Å². The molecule has 0 bridgehead atoms. The van der Waals surface area contributed by atoms with E-state index >= 15 is 0 Å². The van der Waals surface area contributed by atoms with Crippen molar-refractivity contribution in [3.63, 3.8) is 0 Å². The normalized spacial score (nSPS) is 11.0. The number of aromatic nitrogens is 2. The number of rotatable bonds is 3. The molecule has 26 heavy (non-hydrogen) atoms. The van der Waals surface area contributed by atoms with Crippen molar-refractivity contribution in [3.8, 4) is 11.4 Å². The van der Waals surface area contributed by atoms with Gasteiger partial charge in [0.05, 0.1) is 11.4 Å². The molecule has 2 heterocycles. The molecule has 0 spiro atoms. The molecule has 2 aromatic heterocycles. The fourth-order valence-corrected chi connectivity index (χ4v) is 6.33. The zero-order valence-corrected chi connectivity index (χ0v) is 19.6. The molecule has 0 fully saturated rings. The van der Waals surface area contributed by atoms with Crippen LogP contribution in [-0.2, 0) is 28.1 Å². The van der Waals surface area contributed by atoms with E-state index in [9.17, 15) is 0 Å². The Morgan fingerprint density at radius 3 is 1.92 bits per heavy atom. The van der Waals surface area contributed by atoms with E-state index in [4.69, 9.17) is 9.64 Å². The van der Waals surface area contributed by atoms with Crippen molar-refractivity contribution in [3.05, 3.63) is 54.9 Å². The Balaban J connectivity index is 0.00000146. The monoisotopic (exact) mass is 479 g/mol. The SMILES string of the molecule is CC(C)(C)P(Cc1cccc(-c2ccccn2)n1)C(C)(C)C.[C-]#[O+].[Cl][Ru]. The van der Waals surface area contributed by atoms with Crippen LogP contribution < -0.4 is 0 Å². The van der Waals surface area contributed by atoms with Gasteiger partial charge in [-0.25, -0.2) is 0 Å². The first kappa shape index (κ1) is 25.4. The molecule has 0 aliphatic carbocycles. The van der Waals surface area contributed by atoms with Gasteiger partial charge in [-0.3, -0.25) is 9.97 Å². The zero-order valence-electron chi connectivity index (χ0n) is 16.2. The van der Waals surface area contributed by atoms with E-state index in [1.54, 1.807) is 0 Å². The number of hydrogen-bond donors (Lipinski definition) is 0. The second kappa shape index (κ2) is 12.0. The zero-order chi connectivity index (χ0) is 20.4. The van der Waals surface area contributed by atoms with Gasteiger partial charge < -0.3 is 0 Å². The van der Waals surface area contributed by atoms with Crippen LogP contribution in [0.3, 0.4) is 0 Å². The van der Waals surface area contributed by atoms with E-state index in [1.165, 1.54) is 5.69 Å². The van der Waals surface area contributed by atoms with E-state index < -0.39 is 0 Å². The summed E-state index contributed by atoms with van der Waals surface area (Å²) in [6.45, 7) is 18.6. The molecule has 0 saturated carbocycles. The molecule has 0 aliphatic heterocycles. The van der Waals surface area contributed by atoms with Crippen LogP contribution in [0.2, 0.25) is 0 Å². The molecule has 0 aliphatic rings. The molecular formula is C20H27ClN2OPRu. The Bertz CT molecular complexity index is 653. The minimum absolute atomic E-state index is 0.183. The summed E-state index contributed by atoms with van der Waals surface area (Å²) in [7, 11) is 4.39. The number of nitrogens with zero attached hydrogens (tertiary/aromatic N) is 2. The molecular weight excluding hydrogens is 452 g/mol. The summed E-state index contributed by atoms with van der Waals surface area (Å²) in [6, 6.07) is 12.3. The van der Waals surface area contributed by atoms with Gasteiger partial charge in [-0.05, 0) is 34.6 Å². The van der Waals surface area contributed by atoms with Gasteiger partial charge in [0.25, 0.3) is 0 Å².